The van der Waals surface area contributed by atoms with E-state index in [-0.39, 0.29) is 6.04 Å². The second-order valence-corrected chi connectivity index (χ2v) is 6.63. The van der Waals surface area contributed by atoms with Crippen LogP contribution in [0.25, 0.3) is 0 Å². The van der Waals surface area contributed by atoms with Crippen molar-refractivity contribution in [1.82, 2.24) is 0 Å². The van der Waals surface area contributed by atoms with Crippen LogP contribution in [0.1, 0.15) is 44.9 Å². The van der Waals surface area contributed by atoms with E-state index in [2.05, 4.69) is 5.32 Å². The van der Waals surface area contributed by atoms with Crippen molar-refractivity contribution < 1.29 is 14.6 Å². The normalized spacial score (nSPS) is 34.3. The van der Waals surface area contributed by atoms with Crippen LogP contribution in [-0.2, 0) is 0 Å². The number of hydrogen-bond donors (Lipinski definition) is 2. The Hall–Kier alpha value is -1.42. The average Bonchev–Trinajstić information content (AvgIpc) is 2.95. The van der Waals surface area contributed by atoms with Gasteiger partial charge in [-0.3, -0.25) is 0 Å². The third kappa shape index (κ3) is 2.26. The van der Waals surface area contributed by atoms with Crippen LogP contribution in [0, 0.1) is 5.92 Å². The summed E-state index contributed by atoms with van der Waals surface area (Å²) < 4.78 is 10.8. The monoisotopic (exact) mass is 289 g/mol. The molecule has 4 heteroatoms. The van der Waals surface area contributed by atoms with Crippen molar-refractivity contribution in [2.24, 2.45) is 5.92 Å². The van der Waals surface area contributed by atoms with Crippen LogP contribution in [0.15, 0.2) is 18.2 Å². The lowest BCUT2D eigenvalue weighted by molar-refractivity contribution is -0.0835. The molecule has 1 aromatic rings. The topological polar surface area (TPSA) is 50.7 Å². The minimum Gasteiger partial charge on any atom is -0.454 e. The minimum absolute atomic E-state index is 0.150. The van der Waals surface area contributed by atoms with Gasteiger partial charge in [-0.1, -0.05) is 19.3 Å². The summed E-state index contributed by atoms with van der Waals surface area (Å²) in [6.07, 6.45) is 7.94. The standard InChI is InChI=1S/C17H23NO3/c19-17-9-2-1-4-12(17)5-3-6-16(17)18-13-7-8-14-15(10-13)21-11-20-14/h7-8,10,12,16,18-19H,1-6,9,11H2/t12?,16-,17?/m0/s1. The fraction of sp³-hybridized carbons (Fsp3) is 0.647. The zero-order valence-electron chi connectivity index (χ0n) is 12.3. The van der Waals surface area contributed by atoms with Gasteiger partial charge in [0.15, 0.2) is 11.5 Å². The summed E-state index contributed by atoms with van der Waals surface area (Å²) in [6.45, 7) is 0.300. The lowest BCUT2D eigenvalue weighted by Gasteiger charge is -2.49. The maximum atomic E-state index is 11.2. The summed E-state index contributed by atoms with van der Waals surface area (Å²) in [5.41, 5.74) is 0.483. The van der Waals surface area contributed by atoms with Gasteiger partial charge in [-0.25, -0.2) is 0 Å². The lowest BCUT2D eigenvalue weighted by Crippen LogP contribution is -2.56. The Morgan fingerprint density at radius 3 is 2.86 bits per heavy atom. The molecule has 2 aliphatic carbocycles. The van der Waals surface area contributed by atoms with Crippen LogP contribution < -0.4 is 14.8 Å². The van der Waals surface area contributed by atoms with E-state index >= 15 is 0 Å². The number of aliphatic hydroxyl groups is 1. The van der Waals surface area contributed by atoms with Gasteiger partial charge in [0.1, 0.15) is 0 Å². The van der Waals surface area contributed by atoms with Crippen molar-refractivity contribution in [1.29, 1.82) is 0 Å². The molecule has 0 bridgehead atoms. The molecule has 2 saturated carbocycles. The molecule has 1 aromatic carbocycles. The van der Waals surface area contributed by atoms with Gasteiger partial charge in [0.2, 0.25) is 6.79 Å². The van der Waals surface area contributed by atoms with E-state index < -0.39 is 5.60 Å². The molecular formula is C17H23NO3. The molecule has 2 unspecified atom stereocenters. The van der Waals surface area contributed by atoms with E-state index in [1.807, 2.05) is 18.2 Å². The van der Waals surface area contributed by atoms with Crippen LogP contribution in [0.5, 0.6) is 11.5 Å². The molecule has 4 rings (SSSR count). The number of rotatable bonds is 2. The molecule has 114 valence electrons. The van der Waals surface area contributed by atoms with Crippen LogP contribution in [0.3, 0.4) is 0 Å². The Morgan fingerprint density at radius 1 is 1.05 bits per heavy atom. The van der Waals surface area contributed by atoms with Gasteiger partial charge in [0, 0.05) is 11.8 Å². The highest BCUT2D eigenvalue weighted by Crippen LogP contribution is 2.45. The molecule has 3 aliphatic rings. The van der Waals surface area contributed by atoms with Crippen LogP contribution in [0.4, 0.5) is 5.69 Å². The van der Waals surface area contributed by atoms with E-state index in [1.54, 1.807) is 0 Å². The van der Waals surface area contributed by atoms with E-state index in [0.717, 1.165) is 36.4 Å². The van der Waals surface area contributed by atoms with Crippen LogP contribution in [-0.4, -0.2) is 23.5 Å². The first-order valence-electron chi connectivity index (χ1n) is 8.14. The van der Waals surface area contributed by atoms with Gasteiger partial charge >= 0.3 is 0 Å². The maximum Gasteiger partial charge on any atom is 0.231 e. The molecule has 4 nitrogen and oxygen atoms in total. The van der Waals surface area contributed by atoms with Gasteiger partial charge < -0.3 is 19.9 Å². The zero-order chi connectivity index (χ0) is 14.3. The average molecular weight is 289 g/mol. The van der Waals surface area contributed by atoms with Crippen LogP contribution >= 0.6 is 0 Å². The van der Waals surface area contributed by atoms with Gasteiger partial charge in [0.25, 0.3) is 0 Å². The number of nitrogens with one attached hydrogen (secondary N) is 1. The van der Waals surface area contributed by atoms with Crippen molar-refractivity contribution in [2.75, 3.05) is 12.1 Å². The highest BCUT2D eigenvalue weighted by molar-refractivity contribution is 5.56. The third-order valence-corrected chi connectivity index (χ3v) is 5.45. The first kappa shape index (κ1) is 13.3. The number of hydrogen-bond acceptors (Lipinski definition) is 4. The van der Waals surface area contributed by atoms with Gasteiger partial charge in [-0.15, -0.1) is 0 Å². The molecule has 3 atom stereocenters. The predicted molar refractivity (Wildman–Crippen MR) is 80.7 cm³/mol. The van der Waals surface area contributed by atoms with Crippen molar-refractivity contribution in [2.45, 2.75) is 56.6 Å². The Morgan fingerprint density at radius 2 is 1.90 bits per heavy atom. The van der Waals surface area contributed by atoms with Gasteiger partial charge in [0.05, 0.1) is 11.6 Å². The second kappa shape index (κ2) is 5.09. The van der Waals surface area contributed by atoms with Crippen molar-refractivity contribution >= 4 is 5.69 Å². The number of anilines is 1. The molecule has 21 heavy (non-hydrogen) atoms. The summed E-state index contributed by atoms with van der Waals surface area (Å²) >= 11 is 0. The molecule has 0 saturated heterocycles. The van der Waals surface area contributed by atoms with E-state index in [9.17, 15) is 5.11 Å². The SMILES string of the molecule is OC12CCCCC1CCC[C@@H]2Nc1ccc2c(c1)OCO2. The zero-order valence-corrected chi connectivity index (χ0v) is 12.3. The predicted octanol–water partition coefficient (Wildman–Crippen LogP) is 3.30. The summed E-state index contributed by atoms with van der Waals surface area (Å²) in [5, 5.41) is 14.8. The molecule has 0 amide bonds. The summed E-state index contributed by atoms with van der Waals surface area (Å²) in [6, 6.07) is 6.09. The number of fused-ring (bicyclic) bond motifs is 2. The molecule has 1 aliphatic heterocycles. The van der Waals surface area contributed by atoms with Gasteiger partial charge in [-0.05, 0) is 43.7 Å². The Kier molecular flexibility index (Phi) is 3.21. The quantitative estimate of drug-likeness (QED) is 0.877. The fourth-order valence-electron chi connectivity index (χ4n) is 4.31. The second-order valence-electron chi connectivity index (χ2n) is 6.63. The van der Waals surface area contributed by atoms with E-state index in [4.69, 9.17) is 9.47 Å². The van der Waals surface area contributed by atoms with E-state index in [0.29, 0.717) is 12.7 Å². The molecule has 0 aromatic heterocycles. The highest BCUT2D eigenvalue weighted by atomic mass is 16.7. The maximum absolute atomic E-state index is 11.2. The number of ether oxygens (including phenoxy) is 2. The van der Waals surface area contributed by atoms with E-state index in [1.165, 1.54) is 25.7 Å². The Labute approximate surface area is 125 Å². The third-order valence-electron chi connectivity index (χ3n) is 5.45. The number of benzene rings is 1. The summed E-state index contributed by atoms with van der Waals surface area (Å²) in [5.74, 6) is 2.06. The molecular weight excluding hydrogens is 266 g/mol. The van der Waals surface area contributed by atoms with Crippen LogP contribution in [0.2, 0.25) is 0 Å². The molecule has 2 fully saturated rings. The first-order chi connectivity index (χ1) is 10.3. The Bertz CT molecular complexity index is 531. The lowest BCUT2D eigenvalue weighted by atomic mass is 9.65. The minimum atomic E-state index is -0.535. The Balaban J connectivity index is 1.55. The van der Waals surface area contributed by atoms with Crippen molar-refractivity contribution in [3.8, 4) is 11.5 Å². The fourth-order valence-corrected chi connectivity index (χ4v) is 4.31. The van der Waals surface area contributed by atoms with Gasteiger partial charge in [-0.2, -0.15) is 0 Å². The first-order valence-corrected chi connectivity index (χ1v) is 8.14. The molecule has 1 heterocycles. The van der Waals surface area contributed by atoms with Crippen molar-refractivity contribution in [3.05, 3.63) is 18.2 Å². The smallest absolute Gasteiger partial charge is 0.231 e. The van der Waals surface area contributed by atoms with Crippen molar-refractivity contribution in [3.63, 3.8) is 0 Å². The molecule has 0 radical (unpaired) electrons. The molecule has 2 N–H and O–H groups in total. The molecule has 0 spiro atoms. The summed E-state index contributed by atoms with van der Waals surface area (Å²) in [4.78, 5) is 0. The summed E-state index contributed by atoms with van der Waals surface area (Å²) in [7, 11) is 0. The largest absolute Gasteiger partial charge is 0.454 e. The highest BCUT2D eigenvalue weighted by Gasteiger charge is 2.47.